The van der Waals surface area contributed by atoms with Crippen molar-refractivity contribution in [2.45, 2.75) is 6.10 Å². The molecule has 0 saturated carbocycles. The lowest BCUT2D eigenvalue weighted by molar-refractivity contribution is -0.0135. The zero-order chi connectivity index (χ0) is 19.2. The molecule has 1 aliphatic rings. The van der Waals surface area contributed by atoms with Crippen LogP contribution in [0.3, 0.4) is 0 Å². The van der Waals surface area contributed by atoms with Gasteiger partial charge in [-0.05, 0) is 5.56 Å². The summed E-state index contributed by atoms with van der Waals surface area (Å²) in [6.07, 6.45) is -0.134. The van der Waals surface area contributed by atoms with Gasteiger partial charge >= 0.3 is 6.03 Å². The van der Waals surface area contributed by atoms with Crippen LogP contribution in [-0.2, 0) is 4.74 Å². The van der Waals surface area contributed by atoms with Crippen LogP contribution in [0.1, 0.15) is 11.7 Å². The second-order valence-electron chi connectivity index (χ2n) is 6.06. The van der Waals surface area contributed by atoms with Gasteiger partial charge in [0.1, 0.15) is 6.10 Å². The summed E-state index contributed by atoms with van der Waals surface area (Å²) in [5, 5.41) is 2.90. The lowest BCUT2D eigenvalue weighted by Gasteiger charge is -2.33. The van der Waals surface area contributed by atoms with E-state index < -0.39 is 0 Å². The van der Waals surface area contributed by atoms with Gasteiger partial charge in [-0.2, -0.15) is 0 Å². The molecule has 0 radical (unpaired) electrons. The van der Waals surface area contributed by atoms with E-state index in [4.69, 9.17) is 18.9 Å². The number of hydrogen-bond donors (Lipinski definition) is 1. The Morgan fingerprint density at radius 3 is 2.33 bits per heavy atom. The predicted molar refractivity (Wildman–Crippen MR) is 102 cm³/mol. The Kier molecular flexibility index (Phi) is 6.03. The molecule has 0 bridgehead atoms. The molecule has 2 aromatic rings. The number of urea groups is 1. The molecule has 0 aliphatic carbocycles. The van der Waals surface area contributed by atoms with E-state index in [2.05, 4.69) is 5.32 Å². The van der Waals surface area contributed by atoms with Crippen LogP contribution in [0.25, 0.3) is 0 Å². The molecule has 144 valence electrons. The number of ether oxygens (including phenoxy) is 4. The highest BCUT2D eigenvalue weighted by Crippen LogP contribution is 2.40. The van der Waals surface area contributed by atoms with Crippen molar-refractivity contribution in [2.24, 2.45) is 0 Å². The van der Waals surface area contributed by atoms with Crippen molar-refractivity contribution in [1.82, 2.24) is 4.90 Å². The first-order valence-electron chi connectivity index (χ1n) is 8.68. The maximum Gasteiger partial charge on any atom is 0.322 e. The minimum Gasteiger partial charge on any atom is -0.493 e. The predicted octanol–water partition coefficient (Wildman–Crippen LogP) is 3.32. The third-order valence-electron chi connectivity index (χ3n) is 4.44. The number of anilines is 1. The van der Waals surface area contributed by atoms with Crippen LogP contribution in [0.4, 0.5) is 10.5 Å². The Labute approximate surface area is 158 Å². The van der Waals surface area contributed by atoms with Crippen LogP contribution >= 0.6 is 0 Å². The van der Waals surface area contributed by atoms with E-state index >= 15 is 0 Å². The molecule has 1 aliphatic heterocycles. The highest BCUT2D eigenvalue weighted by atomic mass is 16.5. The molecule has 7 nitrogen and oxygen atoms in total. The number of rotatable bonds is 5. The fourth-order valence-electron chi connectivity index (χ4n) is 3.06. The summed E-state index contributed by atoms with van der Waals surface area (Å²) in [7, 11) is 4.61. The smallest absolute Gasteiger partial charge is 0.322 e. The molecular formula is C20H24N2O5. The summed E-state index contributed by atoms with van der Waals surface area (Å²) in [4.78, 5) is 14.5. The molecule has 1 N–H and O–H groups in total. The highest BCUT2D eigenvalue weighted by Gasteiger charge is 2.26. The monoisotopic (exact) mass is 372 g/mol. The first-order valence-corrected chi connectivity index (χ1v) is 8.68. The van der Waals surface area contributed by atoms with Gasteiger partial charge < -0.3 is 29.2 Å². The third kappa shape index (κ3) is 4.25. The first-order chi connectivity index (χ1) is 13.2. The molecule has 1 atom stereocenters. The van der Waals surface area contributed by atoms with Gasteiger partial charge in [0.25, 0.3) is 0 Å². The fourth-order valence-corrected chi connectivity index (χ4v) is 3.06. The number of carbonyl (C=O) groups excluding carboxylic acids is 1. The van der Waals surface area contributed by atoms with Crippen molar-refractivity contribution < 1.29 is 23.7 Å². The van der Waals surface area contributed by atoms with E-state index in [-0.39, 0.29) is 12.1 Å². The Morgan fingerprint density at radius 1 is 1.07 bits per heavy atom. The number of benzene rings is 2. The number of nitrogens with one attached hydrogen (secondary N) is 1. The van der Waals surface area contributed by atoms with Crippen molar-refractivity contribution >= 4 is 11.7 Å². The van der Waals surface area contributed by atoms with Crippen molar-refractivity contribution in [2.75, 3.05) is 46.3 Å². The number of hydrogen-bond acceptors (Lipinski definition) is 5. The second-order valence-corrected chi connectivity index (χ2v) is 6.06. The fraction of sp³-hybridized carbons (Fsp3) is 0.350. The van der Waals surface area contributed by atoms with Crippen molar-refractivity contribution in [3.63, 3.8) is 0 Å². The summed E-state index contributed by atoms with van der Waals surface area (Å²) >= 11 is 0. The number of methoxy groups -OCH3 is 3. The van der Waals surface area contributed by atoms with Gasteiger partial charge in [0.05, 0.1) is 40.2 Å². The quantitative estimate of drug-likeness (QED) is 0.872. The number of nitrogens with zero attached hydrogens (tertiary/aromatic N) is 1. The average Bonchev–Trinajstić information content (AvgIpc) is 2.73. The molecule has 7 heteroatoms. The van der Waals surface area contributed by atoms with Crippen LogP contribution in [-0.4, -0.2) is 52.0 Å². The van der Waals surface area contributed by atoms with Gasteiger partial charge in [-0.3, -0.25) is 0 Å². The van der Waals surface area contributed by atoms with E-state index in [1.54, 1.807) is 17.0 Å². The molecule has 0 aromatic heterocycles. The molecule has 2 amide bonds. The van der Waals surface area contributed by atoms with Gasteiger partial charge in [0.15, 0.2) is 11.5 Å². The minimum atomic E-state index is -0.200. The van der Waals surface area contributed by atoms with Crippen molar-refractivity contribution in [1.29, 1.82) is 0 Å². The zero-order valence-corrected chi connectivity index (χ0v) is 15.7. The van der Waals surface area contributed by atoms with E-state index in [1.165, 1.54) is 21.3 Å². The van der Waals surface area contributed by atoms with Gasteiger partial charge in [0.2, 0.25) is 5.75 Å². The maximum absolute atomic E-state index is 12.7. The van der Waals surface area contributed by atoms with Gasteiger partial charge in [-0.25, -0.2) is 4.79 Å². The molecule has 27 heavy (non-hydrogen) atoms. The minimum absolute atomic E-state index is 0.134. The van der Waals surface area contributed by atoms with Crippen molar-refractivity contribution in [3.05, 3.63) is 48.0 Å². The largest absolute Gasteiger partial charge is 0.493 e. The molecule has 2 aromatic carbocycles. The molecule has 3 rings (SSSR count). The van der Waals surface area contributed by atoms with Crippen molar-refractivity contribution in [3.8, 4) is 17.2 Å². The second kappa shape index (κ2) is 8.64. The highest BCUT2D eigenvalue weighted by molar-refractivity contribution is 5.90. The van der Waals surface area contributed by atoms with E-state index in [0.717, 1.165) is 5.56 Å². The molecule has 1 fully saturated rings. The Balaban J connectivity index is 1.73. The summed E-state index contributed by atoms with van der Waals surface area (Å²) in [6, 6.07) is 13.1. The molecule has 1 unspecified atom stereocenters. The SMILES string of the molecule is COc1cc(NC(=O)N2CCOC(c3ccccc3)C2)cc(OC)c1OC. The number of morpholine rings is 1. The lowest BCUT2D eigenvalue weighted by Crippen LogP contribution is -2.44. The van der Waals surface area contributed by atoms with Crippen LogP contribution in [0.2, 0.25) is 0 Å². The van der Waals surface area contributed by atoms with E-state index in [9.17, 15) is 4.79 Å². The van der Waals surface area contributed by atoms with E-state index in [0.29, 0.717) is 42.6 Å². The summed E-state index contributed by atoms with van der Waals surface area (Å²) in [5.74, 6) is 1.45. The normalized spacial score (nSPS) is 16.6. The molecule has 0 spiro atoms. The Morgan fingerprint density at radius 2 is 1.74 bits per heavy atom. The average molecular weight is 372 g/mol. The van der Waals surface area contributed by atoms with Crippen LogP contribution in [0, 0.1) is 0 Å². The van der Waals surface area contributed by atoms with Crippen LogP contribution < -0.4 is 19.5 Å². The van der Waals surface area contributed by atoms with Gasteiger partial charge in [-0.1, -0.05) is 30.3 Å². The summed E-state index contributed by atoms with van der Waals surface area (Å²) in [5.41, 5.74) is 1.63. The summed E-state index contributed by atoms with van der Waals surface area (Å²) < 4.78 is 21.8. The standard InChI is InChI=1S/C20H24N2O5/c1-24-16-11-15(12-17(25-2)19(16)26-3)21-20(23)22-9-10-27-18(13-22)14-7-5-4-6-8-14/h4-8,11-12,18H,9-10,13H2,1-3H3,(H,21,23). The topological polar surface area (TPSA) is 69.3 Å². The van der Waals surface area contributed by atoms with Crippen LogP contribution in [0.15, 0.2) is 42.5 Å². The maximum atomic E-state index is 12.7. The zero-order valence-electron chi connectivity index (χ0n) is 15.7. The van der Waals surface area contributed by atoms with E-state index in [1.807, 2.05) is 30.3 Å². The van der Waals surface area contributed by atoms with Gasteiger partial charge in [-0.15, -0.1) is 0 Å². The Bertz CT molecular complexity index is 756. The molecule has 1 heterocycles. The molecular weight excluding hydrogens is 348 g/mol. The van der Waals surface area contributed by atoms with Gasteiger partial charge in [0, 0.05) is 18.7 Å². The number of amides is 2. The van der Waals surface area contributed by atoms with Crippen LogP contribution in [0.5, 0.6) is 17.2 Å². The summed E-state index contributed by atoms with van der Waals surface area (Å²) in [6.45, 7) is 1.50. The number of carbonyl (C=O) groups is 1. The molecule has 1 saturated heterocycles. The third-order valence-corrected chi connectivity index (χ3v) is 4.44. The Hall–Kier alpha value is -2.93. The first kappa shape index (κ1) is 18.8. The lowest BCUT2D eigenvalue weighted by atomic mass is 10.1.